The van der Waals surface area contributed by atoms with Crippen LogP contribution in [0.5, 0.6) is 0 Å². The maximum absolute atomic E-state index is 12.8. The number of piperidine rings is 1. The fourth-order valence-electron chi connectivity index (χ4n) is 5.06. The number of amides is 1. The molecule has 1 amide bonds. The fraction of sp³-hybridized carbons (Fsp3) is 0.696. The highest BCUT2D eigenvalue weighted by Crippen LogP contribution is 2.37. The van der Waals surface area contributed by atoms with Crippen molar-refractivity contribution in [3.05, 3.63) is 35.9 Å². The van der Waals surface area contributed by atoms with Crippen LogP contribution in [0.2, 0.25) is 0 Å². The van der Waals surface area contributed by atoms with Crippen LogP contribution in [0.4, 0.5) is 0 Å². The molecule has 3 aliphatic heterocycles. The molecule has 28 heavy (non-hydrogen) atoms. The van der Waals surface area contributed by atoms with Crippen molar-refractivity contribution in [3.8, 4) is 0 Å². The van der Waals surface area contributed by atoms with Crippen LogP contribution in [-0.2, 0) is 20.8 Å². The number of carbonyl (C=O) groups excluding carboxylic acids is 1. The molecule has 0 aliphatic carbocycles. The molecule has 3 heterocycles. The lowest BCUT2D eigenvalue weighted by Crippen LogP contribution is -2.54. The average molecular weight is 387 g/mol. The first-order valence-electron chi connectivity index (χ1n) is 10.9. The number of nitrogens with zero attached hydrogens (tertiary/aromatic N) is 2. The average Bonchev–Trinajstić information content (AvgIpc) is 2.75. The van der Waals surface area contributed by atoms with Crippen LogP contribution in [0.1, 0.15) is 44.1 Å². The van der Waals surface area contributed by atoms with Crippen molar-refractivity contribution in [2.75, 3.05) is 40.0 Å². The van der Waals surface area contributed by atoms with E-state index in [1.165, 1.54) is 5.56 Å². The standard InChI is InChI=1S/C23H34N2O3/c1-24(18-19-5-3-2-4-6-19)21-9-16-28-23(17-21)10-12-25(13-11-23)22(26)20-7-14-27-15-8-20/h2-6,20-21H,7-18H2,1H3. The molecule has 3 aliphatic rings. The molecule has 1 aromatic carbocycles. The Balaban J connectivity index is 1.31. The van der Waals surface area contributed by atoms with Gasteiger partial charge in [0.05, 0.1) is 5.60 Å². The first-order chi connectivity index (χ1) is 13.7. The van der Waals surface area contributed by atoms with E-state index in [0.29, 0.717) is 11.9 Å². The van der Waals surface area contributed by atoms with Gasteiger partial charge in [0.15, 0.2) is 0 Å². The molecule has 3 saturated heterocycles. The van der Waals surface area contributed by atoms with E-state index in [4.69, 9.17) is 9.47 Å². The summed E-state index contributed by atoms with van der Waals surface area (Å²) in [4.78, 5) is 17.4. The minimum atomic E-state index is -0.0413. The molecule has 1 spiro atoms. The summed E-state index contributed by atoms with van der Waals surface area (Å²) >= 11 is 0. The number of hydrogen-bond acceptors (Lipinski definition) is 4. The lowest BCUT2D eigenvalue weighted by Gasteiger charge is -2.48. The number of hydrogen-bond donors (Lipinski definition) is 0. The van der Waals surface area contributed by atoms with E-state index < -0.39 is 0 Å². The third kappa shape index (κ3) is 4.58. The van der Waals surface area contributed by atoms with Crippen LogP contribution in [0.25, 0.3) is 0 Å². The van der Waals surface area contributed by atoms with Crippen molar-refractivity contribution in [2.45, 2.75) is 56.7 Å². The topological polar surface area (TPSA) is 42.0 Å². The Morgan fingerprint density at radius 2 is 1.82 bits per heavy atom. The van der Waals surface area contributed by atoms with Crippen molar-refractivity contribution in [2.24, 2.45) is 5.92 Å². The molecule has 0 bridgehead atoms. The molecule has 5 nitrogen and oxygen atoms in total. The minimum Gasteiger partial charge on any atom is -0.381 e. The predicted molar refractivity (Wildman–Crippen MR) is 109 cm³/mol. The second kappa shape index (κ2) is 8.93. The summed E-state index contributed by atoms with van der Waals surface area (Å²) in [5.41, 5.74) is 1.32. The summed E-state index contributed by atoms with van der Waals surface area (Å²) in [6.45, 7) is 4.95. The molecule has 0 radical (unpaired) electrons. The molecular weight excluding hydrogens is 352 g/mol. The first-order valence-corrected chi connectivity index (χ1v) is 10.9. The van der Waals surface area contributed by atoms with E-state index in [1.54, 1.807) is 0 Å². The molecule has 0 N–H and O–H groups in total. The quantitative estimate of drug-likeness (QED) is 0.798. The van der Waals surface area contributed by atoms with E-state index in [0.717, 1.165) is 78.0 Å². The summed E-state index contributed by atoms with van der Waals surface area (Å²) in [5.74, 6) is 0.506. The highest BCUT2D eigenvalue weighted by Gasteiger charge is 2.42. The molecule has 0 aromatic heterocycles. The van der Waals surface area contributed by atoms with Gasteiger partial charge >= 0.3 is 0 Å². The number of carbonyl (C=O) groups is 1. The van der Waals surface area contributed by atoms with Crippen LogP contribution in [0.3, 0.4) is 0 Å². The van der Waals surface area contributed by atoms with E-state index in [9.17, 15) is 4.79 Å². The minimum absolute atomic E-state index is 0.0413. The van der Waals surface area contributed by atoms with Crippen molar-refractivity contribution >= 4 is 5.91 Å². The number of benzene rings is 1. The molecular formula is C23H34N2O3. The van der Waals surface area contributed by atoms with Gasteiger partial charge in [-0.05, 0) is 51.1 Å². The molecule has 1 unspecified atom stereocenters. The van der Waals surface area contributed by atoms with Crippen LogP contribution in [0, 0.1) is 5.92 Å². The van der Waals surface area contributed by atoms with Crippen molar-refractivity contribution in [3.63, 3.8) is 0 Å². The highest BCUT2D eigenvalue weighted by molar-refractivity contribution is 5.79. The molecule has 1 atom stereocenters. The maximum atomic E-state index is 12.8. The maximum Gasteiger partial charge on any atom is 0.225 e. The van der Waals surface area contributed by atoms with E-state index in [-0.39, 0.29) is 11.5 Å². The van der Waals surface area contributed by atoms with Gasteiger partial charge in [-0.25, -0.2) is 0 Å². The van der Waals surface area contributed by atoms with Crippen molar-refractivity contribution in [1.29, 1.82) is 0 Å². The Labute approximate surface area is 169 Å². The van der Waals surface area contributed by atoms with Gasteiger partial charge in [0, 0.05) is 51.4 Å². The summed E-state index contributed by atoms with van der Waals surface area (Å²) in [5, 5.41) is 0. The van der Waals surface area contributed by atoms with Crippen molar-refractivity contribution < 1.29 is 14.3 Å². The van der Waals surface area contributed by atoms with Gasteiger partial charge in [0.25, 0.3) is 0 Å². The number of ether oxygens (including phenoxy) is 2. The molecule has 5 heteroatoms. The van der Waals surface area contributed by atoms with Gasteiger partial charge in [-0.1, -0.05) is 30.3 Å². The monoisotopic (exact) mass is 386 g/mol. The van der Waals surface area contributed by atoms with Gasteiger partial charge in [-0.3, -0.25) is 9.69 Å². The largest absolute Gasteiger partial charge is 0.381 e. The predicted octanol–water partition coefficient (Wildman–Crippen LogP) is 3.09. The lowest BCUT2D eigenvalue weighted by molar-refractivity contribution is -0.153. The Morgan fingerprint density at radius 1 is 1.11 bits per heavy atom. The fourth-order valence-corrected chi connectivity index (χ4v) is 5.06. The zero-order valence-corrected chi connectivity index (χ0v) is 17.1. The summed E-state index contributed by atoms with van der Waals surface area (Å²) in [7, 11) is 2.24. The molecule has 3 fully saturated rings. The number of rotatable bonds is 4. The van der Waals surface area contributed by atoms with Crippen LogP contribution in [0.15, 0.2) is 30.3 Å². The summed E-state index contributed by atoms with van der Waals surface area (Å²) in [6, 6.07) is 11.2. The molecule has 0 saturated carbocycles. The first kappa shape index (κ1) is 19.9. The third-order valence-electron chi connectivity index (χ3n) is 6.92. The Bertz CT molecular complexity index is 637. The smallest absolute Gasteiger partial charge is 0.225 e. The van der Waals surface area contributed by atoms with Gasteiger partial charge in [-0.15, -0.1) is 0 Å². The highest BCUT2D eigenvalue weighted by atomic mass is 16.5. The van der Waals surface area contributed by atoms with Gasteiger partial charge in [0.2, 0.25) is 5.91 Å². The summed E-state index contributed by atoms with van der Waals surface area (Å²) in [6.07, 6.45) is 5.87. The van der Waals surface area contributed by atoms with E-state index >= 15 is 0 Å². The van der Waals surface area contributed by atoms with Gasteiger partial charge in [-0.2, -0.15) is 0 Å². The number of likely N-dealkylation sites (tertiary alicyclic amines) is 1. The van der Waals surface area contributed by atoms with Crippen molar-refractivity contribution in [1.82, 2.24) is 9.80 Å². The van der Waals surface area contributed by atoms with Crippen LogP contribution in [-0.4, -0.2) is 67.3 Å². The van der Waals surface area contributed by atoms with Gasteiger partial charge < -0.3 is 14.4 Å². The normalized spacial score (nSPS) is 25.9. The SMILES string of the molecule is CN(Cc1ccccc1)C1CCOC2(CCN(C(=O)C3CCOCC3)CC2)C1. The van der Waals surface area contributed by atoms with Gasteiger partial charge in [0.1, 0.15) is 0 Å². The Kier molecular flexibility index (Phi) is 6.34. The van der Waals surface area contributed by atoms with E-state index in [1.807, 2.05) is 0 Å². The Morgan fingerprint density at radius 3 is 2.54 bits per heavy atom. The van der Waals surface area contributed by atoms with E-state index in [2.05, 4.69) is 47.2 Å². The Hall–Kier alpha value is -1.43. The zero-order chi connectivity index (χ0) is 19.4. The second-order valence-corrected chi connectivity index (χ2v) is 8.79. The summed E-state index contributed by atoms with van der Waals surface area (Å²) < 4.78 is 11.7. The lowest BCUT2D eigenvalue weighted by atomic mass is 9.81. The molecule has 1 aromatic rings. The van der Waals surface area contributed by atoms with Crippen LogP contribution >= 0.6 is 0 Å². The molecule has 154 valence electrons. The third-order valence-corrected chi connectivity index (χ3v) is 6.92. The molecule has 4 rings (SSSR count). The zero-order valence-electron chi connectivity index (χ0n) is 17.1. The second-order valence-electron chi connectivity index (χ2n) is 8.79. The van der Waals surface area contributed by atoms with Crippen LogP contribution < -0.4 is 0 Å².